The summed E-state index contributed by atoms with van der Waals surface area (Å²) in [5, 5.41) is 14.1. The van der Waals surface area contributed by atoms with Crippen molar-refractivity contribution in [3.63, 3.8) is 0 Å². The third kappa shape index (κ3) is 3.35. The van der Waals surface area contributed by atoms with Gasteiger partial charge < -0.3 is 5.32 Å². The molecule has 21 heavy (non-hydrogen) atoms. The summed E-state index contributed by atoms with van der Waals surface area (Å²) >= 11 is 0.918. The Hall–Kier alpha value is -1.19. The van der Waals surface area contributed by atoms with Crippen LogP contribution in [0.25, 0.3) is 0 Å². The lowest BCUT2D eigenvalue weighted by Crippen LogP contribution is -2.33. The first-order chi connectivity index (χ1) is 9.86. The van der Waals surface area contributed by atoms with Crippen molar-refractivity contribution >= 4 is 32.0 Å². The van der Waals surface area contributed by atoms with E-state index in [1.165, 1.54) is 11.4 Å². The van der Waals surface area contributed by atoms with Crippen LogP contribution >= 0.6 is 11.3 Å². The monoisotopic (exact) mass is 333 g/mol. The highest BCUT2D eigenvalue weighted by molar-refractivity contribution is 7.91. The molecule has 1 N–H and O–H groups in total. The van der Waals surface area contributed by atoms with Crippen molar-refractivity contribution in [1.82, 2.24) is 4.31 Å². The van der Waals surface area contributed by atoms with Crippen molar-refractivity contribution in [1.29, 1.82) is 0 Å². The van der Waals surface area contributed by atoms with E-state index in [2.05, 4.69) is 5.32 Å². The average Bonchev–Trinajstić information content (AvgIpc) is 2.78. The molecule has 9 heteroatoms. The maximum absolute atomic E-state index is 12.5. The zero-order valence-corrected chi connectivity index (χ0v) is 13.7. The van der Waals surface area contributed by atoms with Crippen LogP contribution in [0.15, 0.2) is 10.3 Å². The van der Waals surface area contributed by atoms with Gasteiger partial charge in [-0.1, -0.05) is 17.8 Å². The summed E-state index contributed by atoms with van der Waals surface area (Å²) in [4.78, 5) is 10.4. The number of anilines is 1. The molecule has 0 radical (unpaired) electrons. The second-order valence-corrected chi connectivity index (χ2v) is 8.47. The molecule has 0 saturated heterocycles. The summed E-state index contributed by atoms with van der Waals surface area (Å²) in [6.45, 7) is 2.78. The van der Waals surface area contributed by atoms with Gasteiger partial charge in [-0.15, -0.1) is 0 Å². The Balaban J connectivity index is 2.26. The number of hydrogen-bond acceptors (Lipinski definition) is 6. The molecular weight excluding hydrogens is 314 g/mol. The Kier molecular flexibility index (Phi) is 4.84. The number of rotatable bonds is 7. The zero-order chi connectivity index (χ0) is 15.6. The van der Waals surface area contributed by atoms with Crippen LogP contribution in [0.2, 0.25) is 0 Å². The van der Waals surface area contributed by atoms with Crippen molar-refractivity contribution in [2.45, 2.75) is 30.4 Å². The quantitative estimate of drug-likeness (QED) is 0.611. The Bertz CT molecular complexity index is 622. The summed E-state index contributed by atoms with van der Waals surface area (Å²) in [7, 11) is -2.12. The van der Waals surface area contributed by atoms with Crippen molar-refractivity contribution in [2.75, 3.05) is 25.5 Å². The summed E-state index contributed by atoms with van der Waals surface area (Å²) in [6.07, 6.45) is 3.24. The summed E-state index contributed by atoms with van der Waals surface area (Å²) in [6, 6.07) is 1.15. The van der Waals surface area contributed by atoms with Crippen LogP contribution in [0.1, 0.15) is 26.2 Å². The van der Waals surface area contributed by atoms with Gasteiger partial charge in [-0.05, 0) is 25.7 Å². The van der Waals surface area contributed by atoms with Gasteiger partial charge in [0.05, 0.1) is 4.92 Å². The van der Waals surface area contributed by atoms with Gasteiger partial charge in [0.2, 0.25) is 0 Å². The van der Waals surface area contributed by atoms with E-state index < -0.39 is 14.9 Å². The summed E-state index contributed by atoms with van der Waals surface area (Å²) < 4.78 is 26.3. The molecule has 0 spiro atoms. The van der Waals surface area contributed by atoms with E-state index >= 15 is 0 Å². The van der Waals surface area contributed by atoms with E-state index in [0.29, 0.717) is 19.0 Å². The normalized spacial score (nSPS) is 16.0. The van der Waals surface area contributed by atoms with E-state index in [9.17, 15) is 18.5 Å². The minimum atomic E-state index is -3.66. The van der Waals surface area contributed by atoms with Crippen LogP contribution < -0.4 is 5.32 Å². The third-order valence-corrected chi connectivity index (χ3v) is 6.98. The molecular formula is C12H19N3O4S2. The predicted octanol–water partition coefficient (Wildman–Crippen LogP) is 2.51. The lowest BCUT2D eigenvalue weighted by molar-refractivity contribution is -0.383. The molecule has 0 aromatic carbocycles. The fourth-order valence-corrected chi connectivity index (χ4v) is 5.05. The SMILES string of the molecule is CCNc1sc(S(=O)(=O)N(C)CC2CCC2)cc1[N+](=O)[O-]. The molecule has 0 bridgehead atoms. The van der Waals surface area contributed by atoms with Crippen molar-refractivity contribution in [3.8, 4) is 0 Å². The van der Waals surface area contributed by atoms with Crippen LogP contribution in [0.4, 0.5) is 10.7 Å². The number of hydrogen-bond donors (Lipinski definition) is 1. The molecule has 1 heterocycles. The van der Waals surface area contributed by atoms with E-state index in [4.69, 9.17) is 0 Å². The lowest BCUT2D eigenvalue weighted by atomic mass is 9.86. The van der Waals surface area contributed by atoms with Gasteiger partial charge in [-0.3, -0.25) is 10.1 Å². The standard InChI is InChI=1S/C12H19N3O4S2/c1-3-13-12-10(15(16)17)7-11(20-12)21(18,19)14(2)8-9-5-4-6-9/h7,9,13H,3-6,8H2,1-2H3. The molecule has 1 aliphatic carbocycles. The Morgan fingerprint density at radius 1 is 1.52 bits per heavy atom. The topological polar surface area (TPSA) is 92.6 Å². The molecule has 0 unspecified atom stereocenters. The van der Waals surface area contributed by atoms with Crippen LogP contribution in [-0.4, -0.2) is 37.8 Å². The second-order valence-electron chi connectivity index (χ2n) is 5.15. The largest absolute Gasteiger partial charge is 0.372 e. The lowest BCUT2D eigenvalue weighted by Gasteiger charge is -2.29. The molecule has 0 amide bonds. The average molecular weight is 333 g/mol. The molecule has 0 atom stereocenters. The van der Waals surface area contributed by atoms with Gasteiger partial charge in [0, 0.05) is 26.2 Å². The van der Waals surface area contributed by atoms with Crippen molar-refractivity contribution in [3.05, 3.63) is 16.2 Å². The van der Waals surface area contributed by atoms with E-state index in [0.717, 1.165) is 36.7 Å². The molecule has 1 aromatic rings. The van der Waals surface area contributed by atoms with Crippen LogP contribution in [-0.2, 0) is 10.0 Å². The first-order valence-electron chi connectivity index (χ1n) is 6.84. The van der Waals surface area contributed by atoms with Gasteiger partial charge in [0.15, 0.2) is 5.00 Å². The minimum absolute atomic E-state index is 0.0203. The second kappa shape index (κ2) is 6.29. The van der Waals surface area contributed by atoms with Crippen LogP contribution in [0.3, 0.4) is 0 Å². The molecule has 1 fully saturated rings. The number of nitro groups is 1. The first-order valence-corrected chi connectivity index (χ1v) is 9.10. The first kappa shape index (κ1) is 16.2. The summed E-state index contributed by atoms with van der Waals surface area (Å²) in [5.41, 5.74) is -0.183. The Morgan fingerprint density at radius 2 is 2.19 bits per heavy atom. The van der Waals surface area contributed by atoms with Gasteiger partial charge >= 0.3 is 5.69 Å². The van der Waals surface area contributed by atoms with Gasteiger partial charge in [-0.2, -0.15) is 4.31 Å². The van der Waals surface area contributed by atoms with E-state index in [1.54, 1.807) is 6.92 Å². The molecule has 1 aromatic heterocycles. The highest BCUT2D eigenvalue weighted by Gasteiger charge is 2.31. The Morgan fingerprint density at radius 3 is 2.67 bits per heavy atom. The molecule has 1 aliphatic rings. The van der Waals surface area contributed by atoms with Crippen molar-refractivity contribution in [2.24, 2.45) is 5.92 Å². The molecule has 1 saturated carbocycles. The number of thiophene rings is 1. The molecule has 0 aliphatic heterocycles. The highest BCUT2D eigenvalue weighted by Crippen LogP contribution is 2.38. The number of nitrogens with zero attached hydrogens (tertiary/aromatic N) is 2. The molecule has 2 rings (SSSR count). The zero-order valence-electron chi connectivity index (χ0n) is 12.0. The molecule has 118 valence electrons. The Labute approximate surface area is 128 Å². The third-order valence-electron chi connectivity index (χ3n) is 3.63. The van der Waals surface area contributed by atoms with Crippen LogP contribution in [0.5, 0.6) is 0 Å². The van der Waals surface area contributed by atoms with Gasteiger partial charge in [0.1, 0.15) is 4.21 Å². The fraction of sp³-hybridized carbons (Fsp3) is 0.667. The predicted molar refractivity (Wildman–Crippen MR) is 82.3 cm³/mol. The van der Waals surface area contributed by atoms with E-state index in [-0.39, 0.29) is 14.9 Å². The fourth-order valence-electron chi connectivity index (χ4n) is 2.20. The van der Waals surface area contributed by atoms with Gasteiger partial charge in [0.25, 0.3) is 10.0 Å². The maximum Gasteiger partial charge on any atom is 0.304 e. The van der Waals surface area contributed by atoms with Gasteiger partial charge in [-0.25, -0.2) is 8.42 Å². The number of nitrogens with one attached hydrogen (secondary N) is 1. The maximum atomic E-state index is 12.5. The summed E-state index contributed by atoms with van der Waals surface area (Å²) in [5.74, 6) is 0.410. The van der Waals surface area contributed by atoms with E-state index in [1.807, 2.05) is 0 Å². The molecule has 7 nitrogen and oxygen atoms in total. The smallest absolute Gasteiger partial charge is 0.304 e. The van der Waals surface area contributed by atoms with Crippen molar-refractivity contribution < 1.29 is 13.3 Å². The minimum Gasteiger partial charge on any atom is -0.372 e. The van der Waals surface area contributed by atoms with Crippen LogP contribution in [0, 0.1) is 16.0 Å². The number of sulfonamides is 1. The highest BCUT2D eigenvalue weighted by atomic mass is 32.2.